The topological polar surface area (TPSA) is 3.24 Å². The summed E-state index contributed by atoms with van der Waals surface area (Å²) in [5.74, 6) is 0.846. The molecule has 0 bridgehead atoms. The van der Waals surface area contributed by atoms with Gasteiger partial charge in [-0.15, -0.1) is 0 Å². The number of hydrogen-bond acceptors (Lipinski definition) is 1. The normalized spacial score (nSPS) is 33.5. The number of rotatable bonds is 2. The fourth-order valence-electron chi connectivity index (χ4n) is 1.93. The molecule has 0 amide bonds. The Balaban J connectivity index is 2.42. The van der Waals surface area contributed by atoms with Crippen LogP contribution < -0.4 is 0 Å². The van der Waals surface area contributed by atoms with Gasteiger partial charge in [0.1, 0.15) is 0 Å². The van der Waals surface area contributed by atoms with Gasteiger partial charge in [0.05, 0.1) is 0 Å². The number of likely N-dealkylation sites (tertiary alicyclic amines) is 1. The first-order chi connectivity index (χ1) is 5.02. The first-order valence-corrected chi connectivity index (χ1v) is 5.47. The van der Waals surface area contributed by atoms with E-state index in [2.05, 4.69) is 48.4 Å². The highest BCUT2D eigenvalue weighted by molar-refractivity contribution is 14.1. The predicted octanol–water partition coefficient (Wildman–Crippen LogP) is 2.54. The molecule has 0 aromatic carbocycles. The van der Waals surface area contributed by atoms with Crippen molar-refractivity contribution >= 4 is 22.6 Å². The Labute approximate surface area is 83.7 Å². The average molecular weight is 267 g/mol. The zero-order valence-electron chi connectivity index (χ0n) is 7.73. The summed E-state index contributed by atoms with van der Waals surface area (Å²) >= 11 is 2.65. The molecule has 0 aromatic rings. The minimum Gasteiger partial charge on any atom is -0.305 e. The fourth-order valence-corrected chi connectivity index (χ4v) is 3.64. The zero-order chi connectivity index (χ0) is 8.48. The molecule has 2 heteroatoms. The number of nitrogens with zero attached hydrogens (tertiary/aromatic N) is 1. The Hall–Kier alpha value is 0.690. The largest absolute Gasteiger partial charge is 0.305 e. The molecule has 1 rings (SSSR count). The van der Waals surface area contributed by atoms with E-state index in [9.17, 15) is 0 Å². The summed E-state index contributed by atoms with van der Waals surface area (Å²) in [4.78, 5) is 2.44. The maximum atomic E-state index is 2.65. The molecule has 0 spiro atoms. The van der Waals surface area contributed by atoms with Crippen molar-refractivity contribution in [3.05, 3.63) is 0 Å². The van der Waals surface area contributed by atoms with E-state index in [0.29, 0.717) is 3.42 Å². The Morgan fingerprint density at radius 3 is 2.55 bits per heavy atom. The van der Waals surface area contributed by atoms with Gasteiger partial charge in [0.2, 0.25) is 0 Å². The number of alkyl halides is 1. The van der Waals surface area contributed by atoms with E-state index in [4.69, 9.17) is 0 Å². The minimum atomic E-state index is 0.584. The van der Waals surface area contributed by atoms with Crippen molar-refractivity contribution in [2.24, 2.45) is 5.92 Å². The second-order valence-electron chi connectivity index (χ2n) is 4.24. The van der Waals surface area contributed by atoms with Crippen LogP contribution in [0.4, 0.5) is 0 Å². The van der Waals surface area contributed by atoms with Crippen LogP contribution in [0.25, 0.3) is 0 Å². The van der Waals surface area contributed by atoms with Crippen molar-refractivity contribution in [1.82, 2.24) is 4.90 Å². The van der Waals surface area contributed by atoms with Gasteiger partial charge in [-0.3, -0.25) is 0 Å². The van der Waals surface area contributed by atoms with E-state index < -0.39 is 0 Å². The Kier molecular flexibility index (Phi) is 3.20. The zero-order valence-corrected chi connectivity index (χ0v) is 9.89. The van der Waals surface area contributed by atoms with Gasteiger partial charge in [-0.1, -0.05) is 36.4 Å². The maximum Gasteiger partial charge on any atom is 0.0363 e. The van der Waals surface area contributed by atoms with E-state index in [1.165, 1.54) is 25.9 Å². The van der Waals surface area contributed by atoms with Crippen LogP contribution in [0.15, 0.2) is 0 Å². The second kappa shape index (κ2) is 3.60. The lowest BCUT2D eigenvalue weighted by atomic mass is 9.96. The fraction of sp³-hybridized carbons (Fsp3) is 1.00. The summed E-state index contributed by atoms with van der Waals surface area (Å²) < 4.78 is 0.584. The Morgan fingerprint density at radius 2 is 2.18 bits per heavy atom. The summed E-state index contributed by atoms with van der Waals surface area (Å²) in [6.45, 7) is 7.21. The molecular formula is C9H18IN. The molecule has 1 unspecified atom stereocenters. The highest BCUT2D eigenvalue weighted by Gasteiger charge is 2.33. The standard InChI is InChI=1S/C9H18IN/c1-8(2)6-9(10)4-5-11(3)7-9/h8H,4-7H2,1-3H3. The third-order valence-corrected chi connectivity index (χ3v) is 3.59. The summed E-state index contributed by atoms with van der Waals surface area (Å²) in [5, 5.41) is 0. The van der Waals surface area contributed by atoms with Crippen LogP contribution >= 0.6 is 22.6 Å². The van der Waals surface area contributed by atoms with Gasteiger partial charge in [0.25, 0.3) is 0 Å². The van der Waals surface area contributed by atoms with Crippen molar-refractivity contribution in [3.8, 4) is 0 Å². The summed E-state index contributed by atoms with van der Waals surface area (Å²) in [5.41, 5.74) is 0. The molecule has 0 N–H and O–H groups in total. The lowest BCUT2D eigenvalue weighted by Crippen LogP contribution is -2.26. The van der Waals surface area contributed by atoms with Crippen molar-refractivity contribution in [2.45, 2.75) is 30.1 Å². The van der Waals surface area contributed by atoms with Gasteiger partial charge in [-0.25, -0.2) is 0 Å². The molecule has 1 fully saturated rings. The van der Waals surface area contributed by atoms with E-state index in [1.54, 1.807) is 0 Å². The van der Waals surface area contributed by atoms with E-state index in [-0.39, 0.29) is 0 Å². The second-order valence-corrected chi connectivity index (χ2v) is 6.53. The molecule has 0 radical (unpaired) electrons. The van der Waals surface area contributed by atoms with Gasteiger partial charge < -0.3 is 4.90 Å². The van der Waals surface area contributed by atoms with Gasteiger partial charge in [-0.05, 0) is 32.4 Å². The Bertz CT molecular complexity index is 136. The number of halogens is 1. The highest BCUT2D eigenvalue weighted by Crippen LogP contribution is 2.35. The molecular weight excluding hydrogens is 249 g/mol. The summed E-state index contributed by atoms with van der Waals surface area (Å²) in [6.07, 6.45) is 2.75. The van der Waals surface area contributed by atoms with E-state index in [1.807, 2.05) is 0 Å². The average Bonchev–Trinajstić information content (AvgIpc) is 2.08. The highest BCUT2D eigenvalue weighted by atomic mass is 127. The molecule has 0 aromatic heterocycles. The molecule has 0 saturated carbocycles. The summed E-state index contributed by atoms with van der Waals surface area (Å²) in [7, 11) is 2.22. The smallest absolute Gasteiger partial charge is 0.0363 e. The van der Waals surface area contributed by atoms with Crippen LogP contribution in [0.2, 0.25) is 0 Å². The molecule has 1 saturated heterocycles. The molecule has 1 atom stereocenters. The van der Waals surface area contributed by atoms with Crippen molar-refractivity contribution in [2.75, 3.05) is 20.1 Å². The number of hydrogen-bond donors (Lipinski definition) is 0. The molecule has 11 heavy (non-hydrogen) atoms. The molecule has 1 aliphatic heterocycles. The molecule has 1 nitrogen and oxygen atoms in total. The van der Waals surface area contributed by atoms with Crippen molar-refractivity contribution < 1.29 is 0 Å². The lowest BCUT2D eigenvalue weighted by Gasteiger charge is -2.23. The third kappa shape index (κ3) is 2.90. The predicted molar refractivity (Wildman–Crippen MR) is 58.3 cm³/mol. The summed E-state index contributed by atoms with van der Waals surface area (Å²) in [6, 6.07) is 0. The van der Waals surface area contributed by atoms with Gasteiger partial charge in [-0.2, -0.15) is 0 Å². The van der Waals surface area contributed by atoms with Crippen LogP contribution in [0.1, 0.15) is 26.7 Å². The first kappa shape index (κ1) is 9.78. The lowest BCUT2D eigenvalue weighted by molar-refractivity contribution is 0.392. The monoisotopic (exact) mass is 267 g/mol. The van der Waals surface area contributed by atoms with Gasteiger partial charge in [0, 0.05) is 9.97 Å². The van der Waals surface area contributed by atoms with Crippen LogP contribution in [-0.4, -0.2) is 28.5 Å². The molecule has 0 aliphatic carbocycles. The van der Waals surface area contributed by atoms with Crippen LogP contribution in [0.5, 0.6) is 0 Å². The van der Waals surface area contributed by atoms with Crippen LogP contribution in [0.3, 0.4) is 0 Å². The third-order valence-electron chi connectivity index (χ3n) is 2.27. The van der Waals surface area contributed by atoms with Gasteiger partial charge >= 0.3 is 0 Å². The van der Waals surface area contributed by atoms with Crippen LogP contribution in [0, 0.1) is 5.92 Å². The SMILES string of the molecule is CC(C)CC1(I)CCN(C)C1. The van der Waals surface area contributed by atoms with Crippen molar-refractivity contribution in [3.63, 3.8) is 0 Å². The van der Waals surface area contributed by atoms with E-state index in [0.717, 1.165) is 5.92 Å². The first-order valence-electron chi connectivity index (χ1n) is 4.39. The van der Waals surface area contributed by atoms with Crippen LogP contribution in [-0.2, 0) is 0 Å². The molecule has 1 heterocycles. The maximum absolute atomic E-state index is 2.65. The van der Waals surface area contributed by atoms with Gasteiger partial charge in [0.15, 0.2) is 0 Å². The molecule has 66 valence electrons. The molecule has 1 aliphatic rings. The Morgan fingerprint density at radius 1 is 1.55 bits per heavy atom. The minimum absolute atomic E-state index is 0.584. The van der Waals surface area contributed by atoms with Crippen molar-refractivity contribution in [1.29, 1.82) is 0 Å². The van der Waals surface area contributed by atoms with E-state index >= 15 is 0 Å². The quantitative estimate of drug-likeness (QED) is 0.549.